The lowest BCUT2D eigenvalue weighted by atomic mass is 10.1. The molecule has 1 N–H and O–H groups in total. The molecule has 0 bridgehead atoms. The summed E-state index contributed by atoms with van der Waals surface area (Å²) in [5.41, 5.74) is 1.99. The Balaban J connectivity index is 2.42. The minimum atomic E-state index is -0.194. The zero-order valence-corrected chi connectivity index (χ0v) is 11.6. The number of aromatic nitrogens is 2. The van der Waals surface area contributed by atoms with Crippen LogP contribution in [0.2, 0.25) is 0 Å². The number of H-pyrrole nitrogens is 1. The third-order valence-corrected chi connectivity index (χ3v) is 3.48. The third-order valence-electron chi connectivity index (χ3n) is 2.53. The first-order valence-corrected chi connectivity index (χ1v) is 6.14. The summed E-state index contributed by atoms with van der Waals surface area (Å²) in [7, 11) is 0. The number of benzene rings is 1. The zero-order chi connectivity index (χ0) is 12.4. The molecule has 0 radical (unpaired) electrons. The van der Waals surface area contributed by atoms with Crippen LogP contribution in [0.15, 0.2) is 29.3 Å². The summed E-state index contributed by atoms with van der Waals surface area (Å²) in [5, 5.41) is 0. The van der Waals surface area contributed by atoms with Crippen LogP contribution < -0.4 is 10.3 Å². The van der Waals surface area contributed by atoms with Crippen LogP contribution in [-0.4, -0.2) is 9.97 Å². The van der Waals surface area contributed by atoms with E-state index in [-0.39, 0.29) is 5.56 Å². The summed E-state index contributed by atoms with van der Waals surface area (Å²) in [4.78, 5) is 17.9. The molecule has 0 saturated carbocycles. The third kappa shape index (κ3) is 2.49. The molecule has 88 valence electrons. The predicted molar refractivity (Wildman–Crippen MR) is 73.6 cm³/mol. The molecule has 2 rings (SSSR count). The van der Waals surface area contributed by atoms with Crippen molar-refractivity contribution in [3.63, 3.8) is 0 Å². The average molecular weight is 342 g/mol. The smallest absolute Gasteiger partial charge is 0.268 e. The number of aromatic amines is 1. The van der Waals surface area contributed by atoms with E-state index in [4.69, 9.17) is 4.74 Å². The molecule has 0 aliphatic heterocycles. The molecule has 2 aromatic rings. The molecule has 0 aliphatic carbocycles. The van der Waals surface area contributed by atoms with Crippen LogP contribution in [0.4, 0.5) is 0 Å². The molecule has 0 spiro atoms. The quantitative estimate of drug-likeness (QED) is 0.854. The summed E-state index contributed by atoms with van der Waals surface area (Å²) < 4.78 is 6.11. The van der Waals surface area contributed by atoms with E-state index in [1.54, 1.807) is 0 Å². The summed E-state index contributed by atoms with van der Waals surface area (Å²) >= 11 is 1.92. The van der Waals surface area contributed by atoms with E-state index < -0.39 is 0 Å². The highest BCUT2D eigenvalue weighted by atomic mass is 127. The van der Waals surface area contributed by atoms with Gasteiger partial charge in [-0.3, -0.25) is 4.79 Å². The van der Waals surface area contributed by atoms with Crippen molar-refractivity contribution in [3.05, 3.63) is 49.6 Å². The van der Waals surface area contributed by atoms with E-state index in [0.717, 1.165) is 16.9 Å². The van der Waals surface area contributed by atoms with Crippen molar-refractivity contribution in [2.75, 3.05) is 0 Å². The Bertz CT molecular complexity index is 608. The maximum atomic E-state index is 11.4. The Kier molecular flexibility index (Phi) is 3.46. The van der Waals surface area contributed by atoms with Gasteiger partial charge >= 0.3 is 0 Å². The highest BCUT2D eigenvalue weighted by Crippen LogP contribution is 2.26. The lowest BCUT2D eigenvalue weighted by Gasteiger charge is -2.09. The Labute approximate surface area is 112 Å². The van der Waals surface area contributed by atoms with E-state index in [1.807, 2.05) is 54.6 Å². The van der Waals surface area contributed by atoms with Gasteiger partial charge in [-0.25, -0.2) is 4.98 Å². The van der Waals surface area contributed by atoms with Crippen LogP contribution >= 0.6 is 22.6 Å². The minimum Gasteiger partial charge on any atom is -0.437 e. The van der Waals surface area contributed by atoms with Crippen LogP contribution in [0.5, 0.6) is 11.6 Å². The van der Waals surface area contributed by atoms with Crippen LogP contribution in [0.3, 0.4) is 0 Å². The number of rotatable bonds is 2. The molecule has 0 aliphatic rings. The molecule has 0 saturated heterocycles. The number of hydrogen-bond acceptors (Lipinski definition) is 3. The van der Waals surface area contributed by atoms with Gasteiger partial charge in [0.2, 0.25) is 5.88 Å². The lowest BCUT2D eigenvalue weighted by Crippen LogP contribution is -2.11. The first-order chi connectivity index (χ1) is 8.09. The van der Waals surface area contributed by atoms with Gasteiger partial charge in [-0.1, -0.05) is 12.1 Å². The number of hydrogen-bond donors (Lipinski definition) is 1. The van der Waals surface area contributed by atoms with Gasteiger partial charge in [-0.05, 0) is 53.6 Å². The van der Waals surface area contributed by atoms with E-state index >= 15 is 0 Å². The van der Waals surface area contributed by atoms with Gasteiger partial charge in [0.05, 0.1) is 6.33 Å². The molecule has 4 nitrogen and oxygen atoms in total. The molecule has 0 atom stereocenters. The summed E-state index contributed by atoms with van der Waals surface area (Å²) in [5.74, 6) is 1.06. The van der Waals surface area contributed by atoms with Gasteiger partial charge < -0.3 is 9.72 Å². The van der Waals surface area contributed by atoms with Crippen molar-refractivity contribution in [1.82, 2.24) is 9.97 Å². The maximum absolute atomic E-state index is 11.4. The first-order valence-electron chi connectivity index (χ1n) is 5.07. The standard InChI is InChI=1S/C12H11IN2O2/c1-7-4-3-5-9(8(7)2)17-12-10(13)11(16)14-6-15-12/h3-6H,1-2H3,(H,14,15,16). The molecule has 17 heavy (non-hydrogen) atoms. The second kappa shape index (κ2) is 4.87. The van der Waals surface area contributed by atoms with Gasteiger partial charge in [0.1, 0.15) is 9.32 Å². The highest BCUT2D eigenvalue weighted by molar-refractivity contribution is 14.1. The van der Waals surface area contributed by atoms with Crippen molar-refractivity contribution in [2.24, 2.45) is 0 Å². The molecule has 0 fully saturated rings. The number of ether oxygens (including phenoxy) is 1. The summed E-state index contributed by atoms with van der Waals surface area (Å²) in [6.07, 6.45) is 1.34. The predicted octanol–water partition coefficient (Wildman–Crippen LogP) is 2.78. The van der Waals surface area contributed by atoms with E-state index in [2.05, 4.69) is 9.97 Å². The number of halogens is 1. The second-order valence-corrected chi connectivity index (χ2v) is 4.73. The fourth-order valence-electron chi connectivity index (χ4n) is 1.38. The molecular formula is C12H11IN2O2. The molecule has 5 heteroatoms. The van der Waals surface area contributed by atoms with Gasteiger partial charge in [0, 0.05) is 0 Å². The fourth-order valence-corrected chi connectivity index (χ4v) is 1.78. The second-order valence-electron chi connectivity index (χ2n) is 3.65. The van der Waals surface area contributed by atoms with Crippen molar-refractivity contribution in [2.45, 2.75) is 13.8 Å². The van der Waals surface area contributed by atoms with Crippen LogP contribution in [0, 0.1) is 17.4 Å². The molecular weight excluding hydrogens is 331 g/mol. The van der Waals surface area contributed by atoms with Crippen molar-refractivity contribution >= 4 is 22.6 Å². The zero-order valence-electron chi connectivity index (χ0n) is 9.45. The average Bonchev–Trinajstić information content (AvgIpc) is 2.31. The van der Waals surface area contributed by atoms with Crippen LogP contribution in [-0.2, 0) is 0 Å². The number of nitrogens with one attached hydrogen (secondary N) is 1. The Morgan fingerprint density at radius 1 is 1.35 bits per heavy atom. The number of nitrogens with zero attached hydrogens (tertiary/aromatic N) is 1. The SMILES string of the molecule is Cc1cccc(Oc2nc[nH]c(=O)c2I)c1C. The lowest BCUT2D eigenvalue weighted by molar-refractivity contribution is 0.452. The van der Waals surface area contributed by atoms with E-state index in [1.165, 1.54) is 6.33 Å². The van der Waals surface area contributed by atoms with Gasteiger partial charge in [0.25, 0.3) is 5.56 Å². The van der Waals surface area contributed by atoms with Crippen LogP contribution in [0.1, 0.15) is 11.1 Å². The first kappa shape index (κ1) is 12.1. The highest BCUT2D eigenvalue weighted by Gasteiger charge is 2.09. The molecule has 0 amide bonds. The number of aryl methyl sites for hydroxylation is 1. The molecule has 1 heterocycles. The monoisotopic (exact) mass is 342 g/mol. The Morgan fingerprint density at radius 3 is 2.88 bits per heavy atom. The van der Waals surface area contributed by atoms with Crippen molar-refractivity contribution < 1.29 is 4.74 Å². The normalized spacial score (nSPS) is 10.3. The molecule has 0 unspecified atom stereocenters. The minimum absolute atomic E-state index is 0.194. The van der Waals surface area contributed by atoms with Gasteiger partial charge in [0.15, 0.2) is 0 Å². The Morgan fingerprint density at radius 2 is 2.12 bits per heavy atom. The fraction of sp³-hybridized carbons (Fsp3) is 0.167. The maximum Gasteiger partial charge on any atom is 0.268 e. The Hall–Kier alpha value is -1.37. The molecule has 1 aromatic carbocycles. The van der Waals surface area contributed by atoms with Gasteiger partial charge in [-0.2, -0.15) is 0 Å². The molecule has 1 aromatic heterocycles. The van der Waals surface area contributed by atoms with Crippen LogP contribution in [0.25, 0.3) is 0 Å². The summed E-state index contributed by atoms with van der Waals surface area (Å²) in [6, 6.07) is 5.79. The van der Waals surface area contributed by atoms with E-state index in [0.29, 0.717) is 9.45 Å². The topological polar surface area (TPSA) is 55.0 Å². The summed E-state index contributed by atoms with van der Waals surface area (Å²) in [6.45, 7) is 3.99. The van der Waals surface area contributed by atoms with E-state index in [9.17, 15) is 4.79 Å². The van der Waals surface area contributed by atoms with Crippen molar-refractivity contribution in [1.29, 1.82) is 0 Å². The van der Waals surface area contributed by atoms with Gasteiger partial charge in [-0.15, -0.1) is 0 Å². The van der Waals surface area contributed by atoms with Crippen molar-refractivity contribution in [3.8, 4) is 11.6 Å². The largest absolute Gasteiger partial charge is 0.437 e.